The lowest BCUT2D eigenvalue weighted by Crippen LogP contribution is -2.29. The van der Waals surface area contributed by atoms with E-state index in [1.54, 1.807) is 24.3 Å². The van der Waals surface area contributed by atoms with Gasteiger partial charge in [0.1, 0.15) is 0 Å². The number of nitrogens with one attached hydrogen (secondary N) is 1. The maximum atomic E-state index is 12.5. The van der Waals surface area contributed by atoms with Gasteiger partial charge in [-0.05, 0) is 36.6 Å². The molecule has 0 radical (unpaired) electrons. The maximum Gasteiger partial charge on any atom is 0.241 e. The molecule has 2 aromatic rings. The maximum absolute atomic E-state index is 12.5. The highest BCUT2D eigenvalue weighted by Crippen LogP contribution is 2.26. The highest BCUT2D eigenvalue weighted by molar-refractivity contribution is 7.89. The zero-order chi connectivity index (χ0) is 14.9. The molecule has 2 aromatic carbocycles. The van der Waals surface area contributed by atoms with E-state index in [1.165, 1.54) is 0 Å². The van der Waals surface area contributed by atoms with Crippen molar-refractivity contribution in [3.63, 3.8) is 0 Å². The van der Waals surface area contributed by atoms with Crippen LogP contribution in [0.25, 0.3) is 0 Å². The average Bonchev–Trinajstić information content (AvgIpc) is 2.48. The van der Waals surface area contributed by atoms with Gasteiger partial charge in [0.15, 0.2) is 0 Å². The van der Waals surface area contributed by atoms with E-state index in [0.717, 1.165) is 23.1 Å². The van der Waals surface area contributed by atoms with Crippen molar-refractivity contribution < 1.29 is 8.42 Å². The first-order valence-corrected chi connectivity index (χ1v) is 8.38. The molecule has 1 N–H and O–H groups in total. The molecule has 0 aliphatic heterocycles. The normalized spacial score (nSPS) is 17.5. The number of hydrogen-bond acceptors (Lipinski definition) is 2. The topological polar surface area (TPSA) is 46.2 Å². The van der Waals surface area contributed by atoms with E-state index < -0.39 is 10.0 Å². The molecular weight excluding hydrogens is 282 g/mol. The number of hydrogen-bond donors (Lipinski definition) is 1. The second kappa shape index (κ2) is 5.47. The van der Waals surface area contributed by atoms with Gasteiger partial charge in [-0.2, -0.15) is 4.72 Å². The van der Waals surface area contributed by atoms with Crippen molar-refractivity contribution in [2.45, 2.75) is 24.3 Å². The molecule has 0 unspecified atom stereocenters. The van der Waals surface area contributed by atoms with Crippen LogP contribution in [0.4, 0.5) is 0 Å². The Balaban J connectivity index is 1.91. The lowest BCUT2D eigenvalue weighted by molar-refractivity contribution is 0.573. The molecule has 1 aliphatic rings. The van der Waals surface area contributed by atoms with Crippen molar-refractivity contribution in [2.75, 3.05) is 0 Å². The molecular formula is C17H17NO2S. The predicted octanol–water partition coefficient (Wildman–Crippen LogP) is 3.13. The molecule has 0 spiro atoms. The lowest BCUT2D eigenvalue weighted by atomic mass is 9.94. The second-order valence-corrected chi connectivity index (χ2v) is 6.96. The summed E-state index contributed by atoms with van der Waals surface area (Å²) in [5.41, 5.74) is 3.23. The van der Waals surface area contributed by atoms with Crippen LogP contribution >= 0.6 is 0 Å². The van der Waals surface area contributed by atoms with Crippen LogP contribution in [0.3, 0.4) is 0 Å². The van der Waals surface area contributed by atoms with Gasteiger partial charge in [-0.3, -0.25) is 0 Å². The van der Waals surface area contributed by atoms with Crippen molar-refractivity contribution in [1.82, 2.24) is 4.72 Å². The van der Waals surface area contributed by atoms with Crippen LogP contribution in [0.15, 0.2) is 65.6 Å². The molecule has 21 heavy (non-hydrogen) atoms. The first-order chi connectivity index (χ1) is 10.1. The molecule has 1 aliphatic carbocycles. The van der Waals surface area contributed by atoms with E-state index in [2.05, 4.69) is 4.72 Å². The summed E-state index contributed by atoms with van der Waals surface area (Å²) in [4.78, 5) is 0.296. The van der Waals surface area contributed by atoms with Gasteiger partial charge in [0.05, 0.1) is 10.9 Å². The van der Waals surface area contributed by atoms with E-state index in [9.17, 15) is 8.42 Å². The Morgan fingerprint density at radius 2 is 1.76 bits per heavy atom. The molecule has 1 atom stereocenters. The molecule has 0 fully saturated rings. The van der Waals surface area contributed by atoms with Crippen LogP contribution in [0.1, 0.15) is 22.7 Å². The van der Waals surface area contributed by atoms with Crippen LogP contribution in [0.2, 0.25) is 0 Å². The van der Waals surface area contributed by atoms with Crippen LogP contribution in [0, 0.1) is 6.92 Å². The molecule has 0 saturated heterocycles. The Kier molecular flexibility index (Phi) is 3.66. The van der Waals surface area contributed by atoms with Crippen LogP contribution < -0.4 is 4.72 Å². The fourth-order valence-corrected chi connectivity index (χ4v) is 3.68. The number of sulfonamides is 1. The highest BCUT2D eigenvalue weighted by Gasteiger charge is 2.22. The fourth-order valence-electron chi connectivity index (χ4n) is 2.51. The van der Waals surface area contributed by atoms with Gasteiger partial charge < -0.3 is 0 Å². The van der Waals surface area contributed by atoms with Gasteiger partial charge in [0, 0.05) is 0 Å². The summed E-state index contributed by atoms with van der Waals surface area (Å²) in [5.74, 6) is 0. The summed E-state index contributed by atoms with van der Waals surface area (Å²) in [5, 5.41) is 0. The Bertz CT molecular complexity index is 777. The summed E-state index contributed by atoms with van der Waals surface area (Å²) in [6.07, 6.45) is 4.76. The minimum atomic E-state index is -3.52. The molecule has 0 saturated carbocycles. The standard InChI is InChI=1S/C17H17NO2S/c1-13-9-11-15(12-10-13)21(19,20)18-17-8-4-6-14-5-2-3-7-16(14)17/h2-5,7-12,17-18H,6H2,1H3/t17-/m1/s1. The third-order valence-corrected chi connectivity index (χ3v) is 5.13. The third kappa shape index (κ3) is 2.91. The van der Waals surface area contributed by atoms with Crippen molar-refractivity contribution in [1.29, 1.82) is 0 Å². The predicted molar refractivity (Wildman–Crippen MR) is 83.5 cm³/mol. The van der Waals surface area contributed by atoms with Crippen LogP contribution in [0.5, 0.6) is 0 Å². The summed E-state index contributed by atoms with van der Waals surface area (Å²) in [7, 11) is -3.52. The Hall–Kier alpha value is -1.91. The quantitative estimate of drug-likeness (QED) is 0.885. The van der Waals surface area contributed by atoms with Crippen LogP contribution in [-0.4, -0.2) is 8.42 Å². The molecule has 0 aromatic heterocycles. The fraction of sp³-hybridized carbons (Fsp3) is 0.176. The SMILES string of the molecule is Cc1ccc(S(=O)(=O)N[C@@H]2C=CCc3ccccc32)cc1. The second-order valence-electron chi connectivity index (χ2n) is 5.24. The smallest absolute Gasteiger partial charge is 0.207 e. The summed E-state index contributed by atoms with van der Waals surface area (Å²) in [6.45, 7) is 1.93. The largest absolute Gasteiger partial charge is 0.241 e. The highest BCUT2D eigenvalue weighted by atomic mass is 32.2. The van der Waals surface area contributed by atoms with Crippen molar-refractivity contribution in [3.05, 3.63) is 77.4 Å². The Labute approximate surface area is 125 Å². The number of rotatable bonds is 3. The molecule has 0 bridgehead atoms. The van der Waals surface area contributed by atoms with Gasteiger partial charge in [-0.1, -0.05) is 54.1 Å². The van der Waals surface area contributed by atoms with E-state index >= 15 is 0 Å². The molecule has 0 heterocycles. The average molecular weight is 299 g/mol. The van der Waals surface area contributed by atoms with E-state index in [-0.39, 0.29) is 6.04 Å². The van der Waals surface area contributed by atoms with Gasteiger partial charge in [0.25, 0.3) is 0 Å². The number of benzene rings is 2. The Morgan fingerprint density at radius 1 is 1.05 bits per heavy atom. The molecule has 0 amide bonds. The first-order valence-electron chi connectivity index (χ1n) is 6.90. The number of fused-ring (bicyclic) bond motifs is 1. The lowest BCUT2D eigenvalue weighted by Gasteiger charge is -2.22. The minimum absolute atomic E-state index is 0.296. The minimum Gasteiger partial charge on any atom is -0.207 e. The van der Waals surface area contributed by atoms with E-state index in [0.29, 0.717) is 4.90 Å². The summed E-state index contributed by atoms with van der Waals surface area (Å²) in [6, 6.07) is 14.5. The van der Waals surface area contributed by atoms with E-state index in [1.807, 2.05) is 43.3 Å². The number of allylic oxidation sites excluding steroid dienone is 1. The third-order valence-electron chi connectivity index (χ3n) is 3.67. The van der Waals surface area contributed by atoms with Crippen molar-refractivity contribution in [3.8, 4) is 0 Å². The van der Waals surface area contributed by atoms with Crippen molar-refractivity contribution in [2.24, 2.45) is 0 Å². The van der Waals surface area contributed by atoms with E-state index in [4.69, 9.17) is 0 Å². The molecule has 4 heteroatoms. The summed E-state index contributed by atoms with van der Waals surface area (Å²) < 4.78 is 27.7. The molecule has 3 nitrogen and oxygen atoms in total. The summed E-state index contributed by atoms with van der Waals surface area (Å²) >= 11 is 0. The van der Waals surface area contributed by atoms with Crippen LogP contribution in [-0.2, 0) is 16.4 Å². The van der Waals surface area contributed by atoms with Crippen molar-refractivity contribution >= 4 is 10.0 Å². The first kappa shape index (κ1) is 14.0. The zero-order valence-corrected chi connectivity index (χ0v) is 12.6. The van der Waals surface area contributed by atoms with Gasteiger partial charge in [-0.15, -0.1) is 0 Å². The molecule has 108 valence electrons. The van der Waals surface area contributed by atoms with Gasteiger partial charge >= 0.3 is 0 Å². The van der Waals surface area contributed by atoms with Gasteiger partial charge in [-0.25, -0.2) is 8.42 Å². The zero-order valence-electron chi connectivity index (χ0n) is 11.8. The monoisotopic (exact) mass is 299 g/mol. The molecule has 3 rings (SSSR count). The number of aryl methyl sites for hydroxylation is 1. The van der Waals surface area contributed by atoms with Gasteiger partial charge in [0.2, 0.25) is 10.0 Å². The Morgan fingerprint density at radius 3 is 2.52 bits per heavy atom.